The van der Waals surface area contributed by atoms with Crippen molar-refractivity contribution in [3.8, 4) is 0 Å². The van der Waals surface area contributed by atoms with Gasteiger partial charge in [-0.25, -0.2) is 0 Å². The summed E-state index contributed by atoms with van der Waals surface area (Å²) >= 11 is 0. The Balaban J connectivity index is 5.31. The van der Waals surface area contributed by atoms with Crippen molar-refractivity contribution < 1.29 is 18.4 Å². The Bertz CT molecular complexity index is 755. The molecule has 6 heteroatoms. The number of carbonyl (C=O) groups is 1. The fourth-order valence-corrected chi connectivity index (χ4v) is 6.29. The molecule has 39 heavy (non-hydrogen) atoms. The number of allylic oxidation sites excluding steroid dienone is 4. The van der Waals surface area contributed by atoms with E-state index in [1.807, 2.05) is 0 Å². The predicted octanol–water partition coefficient (Wildman–Crippen LogP) is 10.5. The van der Waals surface area contributed by atoms with Gasteiger partial charge in [0.15, 0.2) is 16.6 Å². The molecular weight excluding hydrogens is 517 g/mol. The van der Waals surface area contributed by atoms with E-state index in [1.54, 1.807) is 0 Å². The van der Waals surface area contributed by atoms with Gasteiger partial charge in [-0.05, 0) is 55.5 Å². The van der Waals surface area contributed by atoms with Crippen LogP contribution in [0.15, 0.2) is 36.5 Å². The number of esters is 1. The summed E-state index contributed by atoms with van der Waals surface area (Å²) in [5.74, 6) is -0.162. The molecule has 0 saturated heterocycles. The number of carbonyl (C=O) groups excluding carboxylic acids is 1. The Morgan fingerprint density at radius 3 is 1.49 bits per heavy atom. The second-order valence-corrected chi connectivity index (χ2v) is 23.5. The Morgan fingerprint density at radius 2 is 1.08 bits per heavy atom. The maximum absolute atomic E-state index is 11.6. The molecule has 0 aliphatic rings. The minimum atomic E-state index is -1.92. The molecular formula is C33H64O4Si2. The second-order valence-electron chi connectivity index (χ2n) is 14.0. The van der Waals surface area contributed by atoms with Crippen molar-refractivity contribution in [2.24, 2.45) is 0 Å². The molecule has 0 aromatic carbocycles. The van der Waals surface area contributed by atoms with Gasteiger partial charge in [0.2, 0.25) is 0 Å². The van der Waals surface area contributed by atoms with Crippen LogP contribution in [0.2, 0.25) is 36.3 Å². The van der Waals surface area contributed by atoms with E-state index in [2.05, 4.69) is 111 Å². The third kappa shape index (κ3) is 16.8. The van der Waals surface area contributed by atoms with E-state index in [4.69, 9.17) is 13.6 Å². The van der Waals surface area contributed by atoms with Gasteiger partial charge < -0.3 is 13.6 Å². The zero-order chi connectivity index (χ0) is 30.2. The Morgan fingerprint density at radius 1 is 0.667 bits per heavy atom. The van der Waals surface area contributed by atoms with E-state index in [-0.39, 0.29) is 28.3 Å². The number of hydrogen-bond acceptors (Lipinski definition) is 4. The van der Waals surface area contributed by atoms with Crippen LogP contribution in [0.25, 0.3) is 0 Å². The average molecular weight is 581 g/mol. The van der Waals surface area contributed by atoms with Crippen LogP contribution in [0.5, 0.6) is 0 Å². The van der Waals surface area contributed by atoms with Crippen LogP contribution in [0.1, 0.15) is 113 Å². The molecule has 0 aromatic rings. The second kappa shape index (κ2) is 18.5. The molecule has 0 radical (unpaired) electrons. The van der Waals surface area contributed by atoms with Crippen LogP contribution in [0.4, 0.5) is 0 Å². The first-order valence-corrected chi connectivity index (χ1v) is 21.2. The van der Waals surface area contributed by atoms with Crippen LogP contribution < -0.4 is 0 Å². The summed E-state index contributed by atoms with van der Waals surface area (Å²) in [7, 11) is -2.32. The van der Waals surface area contributed by atoms with Gasteiger partial charge in [0.05, 0.1) is 19.3 Å². The summed E-state index contributed by atoms with van der Waals surface area (Å²) in [5, 5.41) is 0.334. The van der Waals surface area contributed by atoms with Crippen molar-refractivity contribution in [1.82, 2.24) is 0 Å². The van der Waals surface area contributed by atoms with E-state index in [9.17, 15) is 4.79 Å². The number of methoxy groups -OCH3 is 1. The lowest BCUT2D eigenvalue weighted by Crippen LogP contribution is -2.43. The largest absolute Gasteiger partial charge is 0.469 e. The Hall–Kier alpha value is -0.956. The van der Waals surface area contributed by atoms with Gasteiger partial charge in [0, 0.05) is 6.42 Å². The monoisotopic (exact) mass is 580 g/mol. The number of unbranched alkanes of at least 4 members (excludes halogenated alkanes) is 5. The molecule has 0 amide bonds. The summed E-state index contributed by atoms with van der Waals surface area (Å²) in [5.41, 5.74) is 0. The van der Waals surface area contributed by atoms with Gasteiger partial charge in [-0.15, -0.1) is 0 Å². The molecule has 228 valence electrons. The maximum atomic E-state index is 11.6. The zero-order valence-electron chi connectivity index (χ0n) is 27.8. The third-order valence-corrected chi connectivity index (χ3v) is 17.4. The van der Waals surface area contributed by atoms with E-state index >= 15 is 0 Å². The van der Waals surface area contributed by atoms with Crippen molar-refractivity contribution >= 4 is 22.6 Å². The normalized spacial score (nSPS) is 15.5. The summed E-state index contributed by atoms with van der Waals surface area (Å²) in [4.78, 5) is 11.6. The van der Waals surface area contributed by atoms with Crippen LogP contribution in [-0.4, -0.2) is 41.9 Å². The fraction of sp³-hybridized carbons (Fsp3) is 0.788. The van der Waals surface area contributed by atoms with Gasteiger partial charge in [-0.1, -0.05) is 123 Å². The number of rotatable bonds is 19. The predicted molar refractivity (Wildman–Crippen MR) is 175 cm³/mol. The molecule has 4 nitrogen and oxygen atoms in total. The van der Waals surface area contributed by atoms with Crippen molar-refractivity contribution in [2.45, 2.75) is 161 Å². The lowest BCUT2D eigenvalue weighted by Gasteiger charge is -2.38. The quantitative estimate of drug-likeness (QED) is 0.0659. The zero-order valence-corrected chi connectivity index (χ0v) is 29.8. The SMILES string of the molecule is CCCCCCCC[C@H](/C=C/C=C/C=C\[C@H](CCCC(=O)OC)O[Si](C)(C)C(C)(C)C)O[Si](C)(C)C(C)(C)C. The third-order valence-electron chi connectivity index (χ3n) is 8.43. The van der Waals surface area contributed by atoms with Crippen LogP contribution in [-0.2, 0) is 18.4 Å². The van der Waals surface area contributed by atoms with Crippen molar-refractivity contribution in [3.05, 3.63) is 36.5 Å². The molecule has 0 aliphatic carbocycles. The Kier molecular flexibility index (Phi) is 18.0. The number of hydrogen-bond donors (Lipinski definition) is 0. The lowest BCUT2D eigenvalue weighted by molar-refractivity contribution is -0.140. The summed E-state index contributed by atoms with van der Waals surface area (Å²) in [6.45, 7) is 25.2. The average Bonchev–Trinajstić information content (AvgIpc) is 2.80. The topological polar surface area (TPSA) is 44.8 Å². The molecule has 2 atom stereocenters. The Labute approximate surface area is 245 Å². The molecule has 0 bridgehead atoms. The highest BCUT2D eigenvalue weighted by molar-refractivity contribution is 6.74. The standard InChI is InChI=1S/C33H64O4Si2/c1-13-14-15-16-17-20-24-29(36-38(9,10)32(2,3)4)25-21-18-19-22-26-30(27-23-28-31(34)35-8)37-39(11,12)33(5,6)7/h18-19,21-22,25-26,29-30H,13-17,20,23-24,27-28H2,1-12H3/b19-18+,25-21+,26-22-/t29-,30-/m1/s1. The lowest BCUT2D eigenvalue weighted by atomic mass is 10.1. The first kappa shape index (κ1) is 38.0. The van der Waals surface area contributed by atoms with Gasteiger partial charge in [0.25, 0.3) is 0 Å². The summed E-state index contributed by atoms with van der Waals surface area (Å²) < 4.78 is 18.3. The molecule has 0 aliphatic heterocycles. The minimum Gasteiger partial charge on any atom is -0.469 e. The minimum absolute atomic E-state index is 0.00782. The van der Waals surface area contributed by atoms with Crippen LogP contribution in [0.3, 0.4) is 0 Å². The van der Waals surface area contributed by atoms with Gasteiger partial charge in [-0.2, -0.15) is 0 Å². The summed E-state index contributed by atoms with van der Waals surface area (Å²) in [6, 6.07) is 0. The molecule has 0 unspecified atom stereocenters. The molecule has 0 spiro atoms. The molecule has 0 rings (SSSR count). The molecule has 0 saturated carbocycles. The molecule has 0 aromatic heterocycles. The van der Waals surface area contributed by atoms with Crippen LogP contribution >= 0.6 is 0 Å². The smallest absolute Gasteiger partial charge is 0.305 e. The van der Waals surface area contributed by atoms with Crippen molar-refractivity contribution in [2.75, 3.05) is 7.11 Å². The molecule has 0 heterocycles. The summed E-state index contributed by atoms with van der Waals surface area (Å²) in [6.07, 6.45) is 23.8. The first-order chi connectivity index (χ1) is 18.0. The van der Waals surface area contributed by atoms with E-state index < -0.39 is 16.6 Å². The van der Waals surface area contributed by atoms with Gasteiger partial charge >= 0.3 is 5.97 Å². The van der Waals surface area contributed by atoms with Crippen molar-refractivity contribution in [3.63, 3.8) is 0 Å². The molecule has 0 N–H and O–H groups in total. The highest BCUT2D eigenvalue weighted by Gasteiger charge is 2.39. The maximum Gasteiger partial charge on any atom is 0.305 e. The van der Waals surface area contributed by atoms with E-state index in [0.717, 1.165) is 19.3 Å². The van der Waals surface area contributed by atoms with E-state index in [0.29, 0.717) is 6.42 Å². The molecule has 0 fully saturated rings. The highest BCUT2D eigenvalue weighted by Crippen LogP contribution is 2.39. The van der Waals surface area contributed by atoms with Gasteiger partial charge in [0.1, 0.15) is 0 Å². The van der Waals surface area contributed by atoms with E-state index in [1.165, 1.54) is 45.6 Å². The van der Waals surface area contributed by atoms with Gasteiger partial charge in [-0.3, -0.25) is 4.79 Å². The van der Waals surface area contributed by atoms with Crippen molar-refractivity contribution in [1.29, 1.82) is 0 Å². The highest BCUT2D eigenvalue weighted by atomic mass is 28.4. The first-order valence-electron chi connectivity index (χ1n) is 15.4. The fourth-order valence-electron chi connectivity index (χ4n) is 3.68. The number of ether oxygens (including phenoxy) is 1. The van der Waals surface area contributed by atoms with Crippen LogP contribution in [0, 0.1) is 0 Å².